The molecule has 2 aliphatic rings. The Hall–Kier alpha value is -3.65. The molecule has 3 aromatic carbocycles. The Morgan fingerprint density at radius 2 is 1.57 bits per heavy atom. The third-order valence-electron chi connectivity index (χ3n) is 6.95. The van der Waals surface area contributed by atoms with Gasteiger partial charge in [-0.2, -0.15) is 0 Å². The van der Waals surface area contributed by atoms with Crippen molar-refractivity contribution in [2.75, 3.05) is 24.3 Å². The topological polar surface area (TPSA) is 91.5 Å². The van der Waals surface area contributed by atoms with Crippen molar-refractivity contribution in [1.29, 1.82) is 0 Å². The lowest BCUT2D eigenvalue weighted by Crippen LogP contribution is -2.30. The van der Waals surface area contributed by atoms with Gasteiger partial charge in [0.1, 0.15) is 5.75 Å². The second-order valence-corrected chi connectivity index (χ2v) is 10.2. The zero-order valence-corrected chi connectivity index (χ0v) is 21.8. The molecule has 5 rings (SSSR count). The maximum absolute atomic E-state index is 12.7. The van der Waals surface area contributed by atoms with Crippen LogP contribution in [0.5, 0.6) is 5.75 Å². The van der Waals surface area contributed by atoms with E-state index in [0.29, 0.717) is 24.4 Å². The molecule has 0 bridgehead atoms. The van der Waals surface area contributed by atoms with Crippen molar-refractivity contribution in [3.8, 4) is 5.75 Å². The monoisotopic (exact) mass is 516 g/mol. The quantitative estimate of drug-likeness (QED) is 0.282. The number of carbonyl (C=O) groups is 2. The first kappa shape index (κ1) is 25.0. The van der Waals surface area contributed by atoms with Crippen LogP contribution >= 0.6 is 11.9 Å². The first-order valence-electron chi connectivity index (χ1n) is 12.8. The number of hydrogen-bond donors (Lipinski definition) is 4. The summed E-state index contributed by atoms with van der Waals surface area (Å²) < 4.78 is 8.19. The summed E-state index contributed by atoms with van der Waals surface area (Å²) in [5, 5.41) is 8.83. The molecule has 0 radical (unpaired) electrons. The summed E-state index contributed by atoms with van der Waals surface area (Å²) in [5.74, 6) is 0.615. The molecule has 0 fully saturated rings. The summed E-state index contributed by atoms with van der Waals surface area (Å²) in [4.78, 5) is 25.9. The minimum absolute atomic E-state index is 0.186. The van der Waals surface area contributed by atoms with Gasteiger partial charge in [-0.3, -0.25) is 4.72 Å². The van der Waals surface area contributed by atoms with E-state index in [4.69, 9.17) is 4.74 Å². The zero-order valence-electron chi connectivity index (χ0n) is 21.0. The van der Waals surface area contributed by atoms with Gasteiger partial charge in [0.2, 0.25) is 0 Å². The zero-order chi connectivity index (χ0) is 25.6. The molecule has 8 heteroatoms. The molecule has 192 valence electrons. The lowest BCUT2D eigenvalue weighted by atomic mass is 9.99. The lowest BCUT2D eigenvalue weighted by Gasteiger charge is -2.16. The number of aryl methyl sites for hydroxylation is 2. The number of rotatable bonds is 8. The lowest BCUT2D eigenvalue weighted by molar-refractivity contribution is 0.252. The highest BCUT2D eigenvalue weighted by atomic mass is 32.2. The molecule has 0 saturated heterocycles. The average Bonchev–Trinajstić information content (AvgIpc) is 3.58. The van der Waals surface area contributed by atoms with Crippen LogP contribution in [0.4, 0.5) is 21.0 Å². The number of ether oxygens (including phenoxy) is 1. The summed E-state index contributed by atoms with van der Waals surface area (Å²) in [7, 11) is 1.57. The van der Waals surface area contributed by atoms with E-state index in [1.807, 2.05) is 36.4 Å². The normalized spacial score (nSPS) is 13.4. The van der Waals surface area contributed by atoms with Crippen LogP contribution in [0.25, 0.3) is 0 Å². The fraction of sp³-hybridized carbons (Fsp3) is 0.310. The summed E-state index contributed by atoms with van der Waals surface area (Å²) in [6.45, 7) is 0.500. The minimum atomic E-state index is -0.276. The van der Waals surface area contributed by atoms with Gasteiger partial charge in [-0.05, 0) is 109 Å². The largest absolute Gasteiger partial charge is 0.495 e. The van der Waals surface area contributed by atoms with Crippen molar-refractivity contribution in [1.82, 2.24) is 10.0 Å². The van der Waals surface area contributed by atoms with Crippen LogP contribution in [0, 0.1) is 0 Å². The predicted molar refractivity (Wildman–Crippen MR) is 149 cm³/mol. The van der Waals surface area contributed by atoms with E-state index in [1.54, 1.807) is 19.2 Å². The third kappa shape index (κ3) is 6.02. The highest BCUT2D eigenvalue weighted by molar-refractivity contribution is 7.98. The van der Waals surface area contributed by atoms with Gasteiger partial charge in [0, 0.05) is 17.1 Å². The molecule has 3 aromatic rings. The van der Waals surface area contributed by atoms with Gasteiger partial charge < -0.3 is 20.7 Å². The second-order valence-electron chi connectivity index (χ2n) is 9.37. The van der Waals surface area contributed by atoms with E-state index in [2.05, 4.69) is 26.7 Å². The van der Waals surface area contributed by atoms with Crippen molar-refractivity contribution in [2.45, 2.75) is 49.8 Å². The van der Waals surface area contributed by atoms with Crippen LogP contribution in [0.2, 0.25) is 0 Å². The van der Waals surface area contributed by atoms with Gasteiger partial charge in [0.05, 0.1) is 12.8 Å². The second kappa shape index (κ2) is 11.6. The highest BCUT2D eigenvalue weighted by Gasteiger charge is 2.25. The third-order valence-corrected chi connectivity index (χ3v) is 7.75. The van der Waals surface area contributed by atoms with Crippen LogP contribution in [-0.4, -0.2) is 25.7 Å². The van der Waals surface area contributed by atoms with Crippen molar-refractivity contribution in [3.63, 3.8) is 0 Å². The van der Waals surface area contributed by atoms with Gasteiger partial charge in [-0.25, -0.2) is 9.59 Å². The van der Waals surface area contributed by atoms with Crippen molar-refractivity contribution < 1.29 is 14.3 Å². The molecule has 37 heavy (non-hydrogen) atoms. The van der Waals surface area contributed by atoms with E-state index in [1.165, 1.54) is 34.2 Å². The number of carbonyl (C=O) groups excluding carboxylic acids is 2. The van der Waals surface area contributed by atoms with E-state index >= 15 is 0 Å². The Kier molecular flexibility index (Phi) is 7.84. The molecular weight excluding hydrogens is 484 g/mol. The SMILES string of the molecule is COc1ccccc1NC(=O)NCCc1ccc(SNC(=O)Nc2c3c(cc4c2CCC4)CCC3)cc1. The minimum Gasteiger partial charge on any atom is -0.495 e. The van der Waals surface area contributed by atoms with Gasteiger partial charge in [-0.15, -0.1) is 0 Å². The average molecular weight is 517 g/mol. The van der Waals surface area contributed by atoms with Crippen molar-refractivity contribution in [3.05, 3.63) is 82.4 Å². The molecule has 2 aliphatic carbocycles. The molecule has 0 saturated carbocycles. The highest BCUT2D eigenvalue weighted by Crippen LogP contribution is 2.38. The maximum Gasteiger partial charge on any atom is 0.329 e. The fourth-order valence-electron chi connectivity index (χ4n) is 5.17. The number of benzene rings is 3. The molecule has 0 heterocycles. The van der Waals surface area contributed by atoms with Gasteiger partial charge in [-0.1, -0.05) is 30.3 Å². The number of nitrogens with one attached hydrogen (secondary N) is 4. The molecule has 0 aromatic heterocycles. The molecular formula is C29H32N4O3S. The predicted octanol–water partition coefficient (Wildman–Crippen LogP) is 5.87. The number of fused-ring (bicyclic) bond motifs is 2. The van der Waals surface area contributed by atoms with Gasteiger partial charge >= 0.3 is 12.1 Å². The fourth-order valence-corrected chi connectivity index (χ4v) is 5.70. The number of urea groups is 2. The van der Waals surface area contributed by atoms with Crippen LogP contribution in [0.3, 0.4) is 0 Å². The Bertz CT molecular complexity index is 1260. The summed E-state index contributed by atoms with van der Waals surface area (Å²) in [6, 6.07) is 17.2. The van der Waals surface area contributed by atoms with E-state index < -0.39 is 0 Å². The Morgan fingerprint density at radius 3 is 2.27 bits per heavy atom. The molecule has 4 amide bonds. The summed E-state index contributed by atoms with van der Waals surface area (Å²) in [6.07, 6.45) is 7.34. The Labute approximate surface area is 221 Å². The molecule has 4 N–H and O–H groups in total. The Morgan fingerprint density at radius 1 is 0.865 bits per heavy atom. The molecule has 0 aliphatic heterocycles. The number of anilines is 2. The van der Waals surface area contributed by atoms with E-state index in [-0.39, 0.29) is 12.1 Å². The summed E-state index contributed by atoms with van der Waals surface area (Å²) in [5.41, 5.74) is 8.25. The molecule has 0 atom stereocenters. The van der Waals surface area contributed by atoms with Crippen LogP contribution in [-0.2, 0) is 32.1 Å². The Balaban J connectivity index is 1.08. The smallest absolute Gasteiger partial charge is 0.329 e. The number of methoxy groups -OCH3 is 1. The van der Waals surface area contributed by atoms with Crippen LogP contribution in [0.1, 0.15) is 40.7 Å². The molecule has 7 nitrogen and oxygen atoms in total. The first-order valence-corrected chi connectivity index (χ1v) is 13.6. The standard InChI is InChI=1S/C29H32N4O3S/c1-36-26-11-3-2-10-25(26)31-28(34)30-17-16-19-12-14-22(15-13-19)37-33-29(35)32-27-23-8-4-6-20(23)18-21-7-5-9-24(21)27/h2-3,10-15,18H,4-9,16-17H2,1H3,(H2,30,31,34)(H2,32,33,35). The number of amides is 4. The van der Waals surface area contributed by atoms with Crippen molar-refractivity contribution >= 4 is 35.4 Å². The van der Waals surface area contributed by atoms with Gasteiger partial charge in [0.25, 0.3) is 0 Å². The summed E-state index contributed by atoms with van der Waals surface area (Å²) >= 11 is 1.30. The van der Waals surface area contributed by atoms with E-state index in [9.17, 15) is 9.59 Å². The first-order chi connectivity index (χ1) is 18.1. The van der Waals surface area contributed by atoms with E-state index in [0.717, 1.165) is 54.7 Å². The van der Waals surface area contributed by atoms with Crippen molar-refractivity contribution in [2.24, 2.45) is 0 Å². The van der Waals surface area contributed by atoms with Crippen LogP contribution in [0.15, 0.2) is 59.5 Å². The van der Waals surface area contributed by atoms with Crippen LogP contribution < -0.4 is 25.4 Å². The number of para-hydroxylation sites is 2. The maximum atomic E-state index is 12.7. The molecule has 0 unspecified atom stereocenters. The molecule has 0 spiro atoms. The number of hydrogen-bond acceptors (Lipinski definition) is 4. The van der Waals surface area contributed by atoms with Gasteiger partial charge in [0.15, 0.2) is 0 Å².